The Morgan fingerprint density at radius 1 is 1.16 bits per heavy atom. The van der Waals surface area contributed by atoms with Crippen LogP contribution in [0.2, 0.25) is 0 Å². The van der Waals surface area contributed by atoms with Crippen molar-refractivity contribution >= 4 is 23.3 Å². The normalized spacial score (nSPS) is 22.4. The van der Waals surface area contributed by atoms with Crippen LogP contribution in [0.4, 0.5) is 23.2 Å². The Hall–Kier alpha value is -3.87. The van der Waals surface area contributed by atoms with Crippen molar-refractivity contribution < 1.29 is 31.9 Å². The highest BCUT2D eigenvalue weighted by Gasteiger charge is 2.60. The second kappa shape index (κ2) is 8.33. The average Bonchev–Trinajstić information content (AvgIpc) is 3.38. The van der Waals surface area contributed by atoms with Crippen molar-refractivity contribution in [2.24, 2.45) is 17.5 Å². The molecule has 0 bridgehead atoms. The lowest BCUT2D eigenvalue weighted by molar-refractivity contribution is -0.138. The number of amides is 2. The van der Waals surface area contributed by atoms with Gasteiger partial charge in [0.1, 0.15) is 0 Å². The van der Waals surface area contributed by atoms with Crippen LogP contribution in [0.1, 0.15) is 57.4 Å². The Morgan fingerprint density at radius 3 is 2.46 bits per heavy atom. The molecule has 2 unspecified atom stereocenters. The molecule has 2 saturated carbocycles. The van der Waals surface area contributed by atoms with Gasteiger partial charge in [-0.1, -0.05) is 0 Å². The summed E-state index contributed by atoms with van der Waals surface area (Å²) in [6, 6.07) is 2.83. The van der Waals surface area contributed by atoms with Gasteiger partial charge in [0.25, 0.3) is 23.5 Å². The molecule has 0 spiro atoms. The largest absolute Gasteiger partial charge is 0.403 e. The van der Waals surface area contributed by atoms with Crippen molar-refractivity contribution in [3.8, 4) is 0 Å². The van der Waals surface area contributed by atoms with E-state index >= 15 is 0 Å². The van der Waals surface area contributed by atoms with Gasteiger partial charge in [0, 0.05) is 42.5 Å². The second-order valence-corrected chi connectivity index (χ2v) is 9.82. The third-order valence-corrected chi connectivity index (χ3v) is 7.36. The van der Waals surface area contributed by atoms with Gasteiger partial charge in [0.05, 0.1) is 22.5 Å². The van der Waals surface area contributed by atoms with Crippen LogP contribution in [-0.4, -0.2) is 33.6 Å². The SMILES string of the molecule is Cc1c(C(=O)Nc2ccc(F)c(F)c2)c2n(c1C(=O)C(=O)NC1(/C(=C/N)NN)CC(F)(F)C1)C1CC1C2. The number of rotatable bonds is 7. The first-order valence-corrected chi connectivity index (χ1v) is 11.5. The number of Topliss-reactive ketones (excluding diaryl/α,β-unsaturated/α-hetero) is 1. The van der Waals surface area contributed by atoms with Crippen LogP contribution in [0.3, 0.4) is 0 Å². The summed E-state index contributed by atoms with van der Waals surface area (Å²) in [6.45, 7) is 1.50. The van der Waals surface area contributed by atoms with Crippen molar-refractivity contribution in [2.75, 3.05) is 5.32 Å². The first-order valence-electron chi connectivity index (χ1n) is 11.5. The van der Waals surface area contributed by atoms with Crippen molar-refractivity contribution in [3.63, 3.8) is 0 Å². The number of hydrazine groups is 1. The van der Waals surface area contributed by atoms with Gasteiger partial charge in [-0.05, 0) is 43.4 Å². The zero-order chi connectivity index (χ0) is 26.9. The highest BCUT2D eigenvalue weighted by molar-refractivity contribution is 6.43. The minimum atomic E-state index is -3.08. The zero-order valence-electron chi connectivity index (χ0n) is 19.6. The molecule has 5 rings (SSSR count). The minimum absolute atomic E-state index is 0.0141. The van der Waals surface area contributed by atoms with E-state index < -0.39 is 53.5 Å². The molecule has 2 aliphatic carbocycles. The summed E-state index contributed by atoms with van der Waals surface area (Å²) in [6.07, 6.45) is 0.610. The van der Waals surface area contributed by atoms with E-state index in [1.165, 1.54) is 13.0 Å². The molecule has 0 saturated heterocycles. The lowest BCUT2D eigenvalue weighted by Gasteiger charge is -2.48. The molecular formula is C24H24F4N6O3. The molecule has 1 aromatic carbocycles. The van der Waals surface area contributed by atoms with E-state index in [0.717, 1.165) is 24.8 Å². The van der Waals surface area contributed by atoms with Crippen LogP contribution in [0.5, 0.6) is 0 Å². The maximum absolute atomic E-state index is 13.8. The number of nitrogens with zero attached hydrogens (tertiary/aromatic N) is 1. The second-order valence-electron chi connectivity index (χ2n) is 9.82. The number of halogens is 4. The molecule has 13 heteroatoms. The predicted molar refractivity (Wildman–Crippen MR) is 123 cm³/mol. The number of fused-ring (bicyclic) bond motifs is 3. The van der Waals surface area contributed by atoms with Gasteiger partial charge in [0.15, 0.2) is 11.6 Å². The fourth-order valence-electron chi connectivity index (χ4n) is 5.61. The number of ketones is 1. The topological polar surface area (TPSA) is 144 Å². The standard InChI is InChI=1S/C24H24F4N6O3/c1-10-18(21(36)31-12-2-3-13(25)14(26)6-12)16-5-11-4-15(11)34(16)19(10)20(35)22(37)32-23(17(7-29)33-30)8-24(27,28)9-23/h2-3,6-7,11,15,33H,4-5,8-9,29-30H2,1H3,(H,31,36)(H,32,37)/b17-7-. The van der Waals surface area contributed by atoms with Gasteiger partial charge in [-0.2, -0.15) is 0 Å². The predicted octanol–water partition coefficient (Wildman–Crippen LogP) is 2.17. The number of alkyl halides is 2. The van der Waals surface area contributed by atoms with Crippen molar-refractivity contribution in [1.29, 1.82) is 0 Å². The van der Waals surface area contributed by atoms with E-state index in [2.05, 4.69) is 16.1 Å². The summed E-state index contributed by atoms with van der Waals surface area (Å²) in [5.74, 6) is -2.50. The number of hydrogen-bond donors (Lipinski definition) is 5. The third-order valence-electron chi connectivity index (χ3n) is 7.36. The molecule has 2 aromatic rings. The smallest absolute Gasteiger partial charge is 0.294 e. The molecule has 0 radical (unpaired) electrons. The van der Waals surface area contributed by atoms with Gasteiger partial charge in [0.2, 0.25) is 0 Å². The molecule has 3 aliphatic rings. The maximum atomic E-state index is 13.8. The number of hydrogen-bond acceptors (Lipinski definition) is 6. The first-order chi connectivity index (χ1) is 17.4. The summed E-state index contributed by atoms with van der Waals surface area (Å²) in [5.41, 5.74) is 6.90. The summed E-state index contributed by atoms with van der Waals surface area (Å²) in [5, 5.41) is 4.88. The minimum Gasteiger partial charge on any atom is -0.403 e. The fraction of sp³-hybridized carbons (Fsp3) is 0.375. The Kier molecular flexibility index (Phi) is 5.59. The molecule has 1 aromatic heterocycles. The Morgan fingerprint density at radius 2 is 1.86 bits per heavy atom. The molecule has 2 amide bonds. The van der Waals surface area contributed by atoms with E-state index in [1.54, 1.807) is 4.57 Å². The first kappa shape index (κ1) is 24.8. The van der Waals surface area contributed by atoms with Crippen LogP contribution in [0, 0.1) is 24.5 Å². The Labute approximate surface area is 208 Å². The molecule has 7 N–H and O–H groups in total. The van der Waals surface area contributed by atoms with E-state index in [-0.39, 0.29) is 40.2 Å². The van der Waals surface area contributed by atoms with Gasteiger partial charge < -0.3 is 26.4 Å². The van der Waals surface area contributed by atoms with Crippen molar-refractivity contribution in [2.45, 2.75) is 50.1 Å². The van der Waals surface area contributed by atoms with Crippen LogP contribution in [-0.2, 0) is 11.2 Å². The highest BCUT2D eigenvalue weighted by Crippen LogP contribution is 2.54. The molecule has 2 fully saturated rings. The monoisotopic (exact) mass is 520 g/mol. The summed E-state index contributed by atoms with van der Waals surface area (Å²) < 4.78 is 56.1. The van der Waals surface area contributed by atoms with Gasteiger partial charge in [-0.3, -0.25) is 20.2 Å². The third kappa shape index (κ3) is 3.93. The lowest BCUT2D eigenvalue weighted by atomic mass is 9.71. The van der Waals surface area contributed by atoms with E-state index in [9.17, 15) is 31.9 Å². The summed E-state index contributed by atoms with van der Waals surface area (Å²) in [7, 11) is 0. The van der Waals surface area contributed by atoms with Crippen LogP contribution in [0.15, 0.2) is 30.1 Å². The Balaban J connectivity index is 1.46. The molecule has 196 valence electrons. The maximum Gasteiger partial charge on any atom is 0.294 e. The molecule has 2 atom stereocenters. The molecule has 1 aliphatic heterocycles. The number of carbonyl (C=O) groups excluding carboxylic acids is 3. The van der Waals surface area contributed by atoms with Gasteiger partial charge in [-0.25, -0.2) is 17.6 Å². The van der Waals surface area contributed by atoms with Crippen LogP contribution >= 0.6 is 0 Å². The Bertz CT molecular complexity index is 1380. The number of carbonyl (C=O) groups is 3. The summed E-state index contributed by atoms with van der Waals surface area (Å²) in [4.78, 5) is 39.6. The van der Waals surface area contributed by atoms with E-state index in [0.29, 0.717) is 12.1 Å². The fourth-order valence-corrected chi connectivity index (χ4v) is 5.61. The molecule has 2 heterocycles. The van der Waals surface area contributed by atoms with E-state index in [4.69, 9.17) is 11.6 Å². The number of aromatic nitrogens is 1. The van der Waals surface area contributed by atoms with Crippen molar-refractivity contribution in [1.82, 2.24) is 15.3 Å². The van der Waals surface area contributed by atoms with E-state index in [1.807, 2.05) is 0 Å². The summed E-state index contributed by atoms with van der Waals surface area (Å²) >= 11 is 0. The molecular weight excluding hydrogens is 496 g/mol. The zero-order valence-corrected chi connectivity index (χ0v) is 19.6. The number of benzene rings is 1. The highest BCUT2D eigenvalue weighted by atomic mass is 19.3. The van der Waals surface area contributed by atoms with Crippen molar-refractivity contribution in [3.05, 3.63) is 64.2 Å². The average molecular weight is 520 g/mol. The number of anilines is 1. The van der Waals surface area contributed by atoms with Gasteiger partial charge in [-0.15, -0.1) is 0 Å². The molecule has 9 nitrogen and oxygen atoms in total. The van der Waals surface area contributed by atoms with Crippen LogP contribution in [0.25, 0.3) is 0 Å². The lowest BCUT2D eigenvalue weighted by Crippen LogP contribution is -2.66. The molecule has 37 heavy (non-hydrogen) atoms. The van der Waals surface area contributed by atoms with Crippen LogP contribution < -0.4 is 27.6 Å². The number of nitrogens with two attached hydrogens (primary N) is 2. The van der Waals surface area contributed by atoms with Gasteiger partial charge >= 0.3 is 0 Å². The quantitative estimate of drug-likeness (QED) is 0.124. The number of nitrogens with one attached hydrogen (secondary N) is 3.